The second-order valence-corrected chi connectivity index (χ2v) is 6.21. The highest BCUT2D eigenvalue weighted by molar-refractivity contribution is 7.99. The van der Waals surface area contributed by atoms with E-state index in [1.807, 2.05) is 48.7 Å². The molecule has 2 heterocycles. The third-order valence-electron chi connectivity index (χ3n) is 3.69. The number of aliphatic carboxylic acids is 1. The minimum atomic E-state index is -1.14. The second kappa shape index (κ2) is 6.84. The number of aryl methyl sites for hydroxylation is 1. The van der Waals surface area contributed by atoms with Gasteiger partial charge < -0.3 is 9.90 Å². The molecule has 24 heavy (non-hydrogen) atoms. The number of carbonyl (C=O) groups is 1. The predicted octanol–water partition coefficient (Wildman–Crippen LogP) is 1.79. The van der Waals surface area contributed by atoms with Crippen LogP contribution in [0.3, 0.4) is 0 Å². The van der Waals surface area contributed by atoms with E-state index in [4.69, 9.17) is 0 Å². The largest absolute Gasteiger partial charge is 0.549 e. The van der Waals surface area contributed by atoms with Crippen LogP contribution in [0.5, 0.6) is 0 Å². The Labute approximate surface area is 143 Å². The third kappa shape index (κ3) is 3.16. The monoisotopic (exact) mass is 339 g/mol. The molecular weight excluding hydrogens is 324 g/mol. The van der Waals surface area contributed by atoms with Crippen LogP contribution in [-0.4, -0.2) is 31.5 Å². The topological polar surface area (TPSA) is 83.7 Å². The lowest BCUT2D eigenvalue weighted by molar-refractivity contribution is -0.301. The maximum absolute atomic E-state index is 10.8. The Balaban J connectivity index is 2.18. The number of pyridine rings is 1. The van der Waals surface area contributed by atoms with Gasteiger partial charge >= 0.3 is 0 Å². The number of thioether (sulfide) groups is 1. The van der Waals surface area contributed by atoms with Gasteiger partial charge in [-0.15, -0.1) is 10.2 Å². The van der Waals surface area contributed by atoms with Crippen molar-refractivity contribution in [2.24, 2.45) is 0 Å². The summed E-state index contributed by atoms with van der Waals surface area (Å²) in [6.45, 7) is 4.05. The van der Waals surface area contributed by atoms with Crippen LogP contribution < -0.4 is 5.11 Å². The molecule has 0 unspecified atom stereocenters. The molecule has 6 nitrogen and oxygen atoms in total. The molecule has 122 valence electrons. The molecule has 0 aliphatic heterocycles. The average Bonchev–Trinajstić information content (AvgIpc) is 3.00. The third-order valence-corrected chi connectivity index (χ3v) is 4.59. The van der Waals surface area contributed by atoms with Crippen molar-refractivity contribution >= 4 is 17.7 Å². The van der Waals surface area contributed by atoms with E-state index in [-0.39, 0.29) is 5.75 Å². The van der Waals surface area contributed by atoms with Crippen LogP contribution >= 0.6 is 11.8 Å². The average molecular weight is 339 g/mol. The van der Waals surface area contributed by atoms with Gasteiger partial charge in [-0.3, -0.25) is 9.55 Å². The van der Waals surface area contributed by atoms with Gasteiger partial charge in [0.1, 0.15) is 0 Å². The van der Waals surface area contributed by atoms with E-state index >= 15 is 0 Å². The summed E-state index contributed by atoms with van der Waals surface area (Å²) in [6.07, 6.45) is 3.40. The molecule has 0 bridgehead atoms. The van der Waals surface area contributed by atoms with Crippen molar-refractivity contribution in [2.75, 3.05) is 5.75 Å². The molecule has 7 heteroatoms. The van der Waals surface area contributed by atoms with Crippen molar-refractivity contribution in [1.29, 1.82) is 0 Å². The highest BCUT2D eigenvalue weighted by atomic mass is 32.2. The molecule has 0 saturated carbocycles. The predicted molar refractivity (Wildman–Crippen MR) is 89.8 cm³/mol. The van der Waals surface area contributed by atoms with Gasteiger partial charge in [-0.1, -0.05) is 23.9 Å². The first-order chi connectivity index (χ1) is 11.6. The van der Waals surface area contributed by atoms with E-state index in [1.54, 1.807) is 12.4 Å². The molecule has 3 aromatic rings. The van der Waals surface area contributed by atoms with Crippen LogP contribution in [0.1, 0.15) is 11.1 Å². The molecule has 0 spiro atoms. The van der Waals surface area contributed by atoms with Crippen molar-refractivity contribution in [3.8, 4) is 17.1 Å². The number of hydrogen-bond acceptors (Lipinski definition) is 6. The second-order valence-electron chi connectivity index (χ2n) is 5.26. The maximum Gasteiger partial charge on any atom is 0.196 e. The van der Waals surface area contributed by atoms with Crippen molar-refractivity contribution < 1.29 is 9.90 Å². The molecule has 3 rings (SSSR count). The molecule has 0 fully saturated rings. The Hall–Kier alpha value is -2.67. The molecule has 2 aromatic heterocycles. The van der Waals surface area contributed by atoms with Crippen LogP contribution in [0.25, 0.3) is 17.1 Å². The fourth-order valence-electron chi connectivity index (χ4n) is 2.36. The van der Waals surface area contributed by atoms with Gasteiger partial charge in [0.2, 0.25) is 0 Å². The molecule has 0 amide bonds. The van der Waals surface area contributed by atoms with Crippen LogP contribution in [0.2, 0.25) is 0 Å². The Morgan fingerprint density at radius 3 is 2.75 bits per heavy atom. The molecule has 0 atom stereocenters. The number of nitrogens with zero attached hydrogens (tertiary/aromatic N) is 4. The Morgan fingerprint density at radius 1 is 1.21 bits per heavy atom. The number of aromatic nitrogens is 4. The number of benzene rings is 1. The van der Waals surface area contributed by atoms with E-state index in [9.17, 15) is 9.90 Å². The Morgan fingerprint density at radius 2 is 2.04 bits per heavy atom. The summed E-state index contributed by atoms with van der Waals surface area (Å²) in [5.41, 5.74) is 3.94. The summed E-state index contributed by atoms with van der Waals surface area (Å²) in [7, 11) is 0. The van der Waals surface area contributed by atoms with E-state index in [2.05, 4.69) is 15.2 Å². The number of carboxylic acid groups (broad SMARTS) is 1. The first-order valence-electron chi connectivity index (χ1n) is 7.33. The lowest BCUT2D eigenvalue weighted by Crippen LogP contribution is -2.24. The number of carbonyl (C=O) groups excluding carboxylic acids is 1. The Kier molecular flexibility index (Phi) is 4.61. The zero-order valence-corrected chi connectivity index (χ0v) is 14.1. The molecule has 0 N–H and O–H groups in total. The molecule has 0 saturated heterocycles. The van der Waals surface area contributed by atoms with Gasteiger partial charge in [-0.2, -0.15) is 0 Å². The summed E-state index contributed by atoms with van der Waals surface area (Å²) in [4.78, 5) is 14.9. The highest BCUT2D eigenvalue weighted by Crippen LogP contribution is 2.29. The fourth-order valence-corrected chi connectivity index (χ4v) is 3.02. The first kappa shape index (κ1) is 16.2. The summed E-state index contributed by atoms with van der Waals surface area (Å²) in [6, 6.07) is 9.67. The lowest BCUT2D eigenvalue weighted by atomic mass is 10.1. The van der Waals surface area contributed by atoms with E-state index < -0.39 is 5.97 Å². The number of hydrogen-bond donors (Lipinski definition) is 0. The summed E-state index contributed by atoms with van der Waals surface area (Å²) in [5, 5.41) is 19.7. The van der Waals surface area contributed by atoms with E-state index in [1.165, 1.54) is 0 Å². The molecule has 0 aliphatic carbocycles. The van der Waals surface area contributed by atoms with Crippen molar-refractivity contribution in [3.63, 3.8) is 0 Å². The summed E-state index contributed by atoms with van der Waals surface area (Å²) in [5.74, 6) is -0.702. The SMILES string of the molecule is Cc1cccc(-n2c(SCC(=O)[O-])nnc2-c2cccnc2)c1C. The normalized spacial score (nSPS) is 10.8. The van der Waals surface area contributed by atoms with Crippen molar-refractivity contribution in [2.45, 2.75) is 19.0 Å². The van der Waals surface area contributed by atoms with Gasteiger partial charge in [0, 0.05) is 23.7 Å². The zero-order valence-electron chi connectivity index (χ0n) is 13.3. The standard InChI is InChI=1S/C17H16N4O2S/c1-11-5-3-7-14(12(11)2)21-16(13-6-4-8-18-9-13)19-20-17(21)24-10-15(22)23/h3-9H,10H2,1-2H3,(H,22,23)/p-1. The van der Waals surface area contributed by atoms with Gasteiger partial charge in [0.05, 0.1) is 11.7 Å². The quantitative estimate of drug-likeness (QED) is 0.659. The van der Waals surface area contributed by atoms with Crippen LogP contribution in [0.15, 0.2) is 47.9 Å². The van der Waals surface area contributed by atoms with Crippen LogP contribution in [0.4, 0.5) is 0 Å². The number of rotatable bonds is 5. The van der Waals surface area contributed by atoms with E-state index in [0.29, 0.717) is 11.0 Å². The summed E-state index contributed by atoms with van der Waals surface area (Å²) >= 11 is 1.09. The first-order valence-corrected chi connectivity index (χ1v) is 8.31. The zero-order chi connectivity index (χ0) is 17.1. The lowest BCUT2D eigenvalue weighted by Gasteiger charge is -2.14. The minimum absolute atomic E-state index is 0.184. The smallest absolute Gasteiger partial charge is 0.196 e. The maximum atomic E-state index is 10.8. The van der Waals surface area contributed by atoms with E-state index in [0.717, 1.165) is 34.1 Å². The van der Waals surface area contributed by atoms with Gasteiger partial charge in [-0.25, -0.2) is 0 Å². The van der Waals surface area contributed by atoms with Gasteiger partial charge in [-0.05, 0) is 43.2 Å². The van der Waals surface area contributed by atoms with Crippen LogP contribution in [0, 0.1) is 13.8 Å². The Bertz CT molecular complexity index is 878. The molecule has 1 aromatic carbocycles. The van der Waals surface area contributed by atoms with Crippen LogP contribution in [-0.2, 0) is 4.79 Å². The molecule has 0 aliphatic rings. The van der Waals surface area contributed by atoms with Crippen molar-refractivity contribution in [1.82, 2.24) is 19.7 Å². The number of carboxylic acids is 1. The minimum Gasteiger partial charge on any atom is -0.549 e. The fraction of sp³-hybridized carbons (Fsp3) is 0.176. The molecule has 0 radical (unpaired) electrons. The van der Waals surface area contributed by atoms with Gasteiger partial charge in [0.15, 0.2) is 11.0 Å². The summed E-state index contributed by atoms with van der Waals surface area (Å²) < 4.78 is 1.87. The highest BCUT2D eigenvalue weighted by Gasteiger charge is 2.18. The molecular formula is C17H15N4O2S-. The van der Waals surface area contributed by atoms with Crippen molar-refractivity contribution in [3.05, 3.63) is 53.9 Å². The van der Waals surface area contributed by atoms with Gasteiger partial charge in [0.25, 0.3) is 0 Å².